The smallest absolute Gasteiger partial charge is 0.333 e. The molecule has 0 aromatic carbocycles. The normalized spacial score (nSPS) is 18.8. The zero-order valence-electron chi connectivity index (χ0n) is 12.6. The molecule has 0 unspecified atom stereocenters. The molecule has 0 saturated carbocycles. The minimum Gasteiger partial charge on any atom is -0.481 e. The third-order valence-electron chi connectivity index (χ3n) is 4.11. The molecule has 1 aromatic rings. The average Bonchev–Trinajstić information content (AvgIpc) is 2.75. The van der Waals surface area contributed by atoms with Gasteiger partial charge in [0.2, 0.25) is 5.91 Å². The lowest BCUT2D eigenvalue weighted by Gasteiger charge is -2.30. The summed E-state index contributed by atoms with van der Waals surface area (Å²) in [7, 11) is 0. The van der Waals surface area contributed by atoms with Crippen LogP contribution in [0.15, 0.2) is 0 Å². The van der Waals surface area contributed by atoms with Crippen LogP contribution in [0, 0.1) is 19.8 Å². The minimum absolute atomic E-state index is 0.0310. The van der Waals surface area contributed by atoms with E-state index in [0.29, 0.717) is 35.3 Å². The molecule has 0 bridgehead atoms. The van der Waals surface area contributed by atoms with E-state index >= 15 is 0 Å². The maximum Gasteiger partial charge on any atom is 0.333 e. The van der Waals surface area contributed by atoms with Gasteiger partial charge >= 0.3 is 12.5 Å². The largest absolute Gasteiger partial charge is 0.481 e. The second-order valence-corrected chi connectivity index (χ2v) is 5.57. The van der Waals surface area contributed by atoms with E-state index in [1.54, 1.807) is 6.92 Å². The van der Waals surface area contributed by atoms with E-state index in [4.69, 9.17) is 5.11 Å². The van der Waals surface area contributed by atoms with E-state index in [9.17, 15) is 18.4 Å². The van der Waals surface area contributed by atoms with Gasteiger partial charge in [0.1, 0.15) is 0 Å². The van der Waals surface area contributed by atoms with Gasteiger partial charge in [0.25, 0.3) is 0 Å². The van der Waals surface area contributed by atoms with Crippen molar-refractivity contribution in [3.63, 3.8) is 0 Å². The number of hydrogen-bond donors (Lipinski definition) is 1. The number of carboxylic acids is 1. The van der Waals surface area contributed by atoms with Crippen LogP contribution in [0.2, 0.25) is 0 Å². The number of carbonyl (C=O) groups is 2. The van der Waals surface area contributed by atoms with E-state index in [0.717, 1.165) is 0 Å². The number of rotatable bonds is 4. The number of aliphatic carboxylic acids is 1. The van der Waals surface area contributed by atoms with Gasteiger partial charge < -0.3 is 10.0 Å². The number of aryl methyl sites for hydroxylation is 1. The predicted molar refractivity (Wildman–Crippen MR) is 73.6 cm³/mol. The molecular formula is C14H19F2N3O3. The highest BCUT2D eigenvalue weighted by Gasteiger charge is 2.29. The Morgan fingerprint density at radius 3 is 2.64 bits per heavy atom. The molecule has 0 radical (unpaired) electrons. The van der Waals surface area contributed by atoms with Gasteiger partial charge in [0.05, 0.1) is 18.0 Å². The van der Waals surface area contributed by atoms with Crippen molar-refractivity contribution >= 4 is 11.9 Å². The number of amides is 1. The highest BCUT2D eigenvalue weighted by atomic mass is 19.3. The fourth-order valence-corrected chi connectivity index (χ4v) is 2.81. The van der Waals surface area contributed by atoms with Crippen molar-refractivity contribution in [3.05, 3.63) is 17.0 Å². The number of halogens is 2. The van der Waals surface area contributed by atoms with Gasteiger partial charge in [-0.15, -0.1) is 0 Å². The maximum absolute atomic E-state index is 12.8. The van der Waals surface area contributed by atoms with E-state index in [2.05, 4.69) is 5.10 Å². The molecule has 1 aromatic heterocycles. The van der Waals surface area contributed by atoms with Crippen LogP contribution >= 0.6 is 0 Å². The summed E-state index contributed by atoms with van der Waals surface area (Å²) < 4.78 is 26.2. The van der Waals surface area contributed by atoms with Gasteiger partial charge in [-0.1, -0.05) is 0 Å². The Hall–Kier alpha value is -1.99. The molecule has 8 heteroatoms. The molecule has 2 heterocycles. The highest BCUT2D eigenvalue weighted by molar-refractivity contribution is 5.80. The van der Waals surface area contributed by atoms with Crippen molar-refractivity contribution in [3.8, 4) is 0 Å². The summed E-state index contributed by atoms with van der Waals surface area (Å²) in [4.78, 5) is 24.9. The predicted octanol–water partition coefficient (Wildman–Crippen LogP) is 1.76. The molecule has 1 saturated heterocycles. The summed E-state index contributed by atoms with van der Waals surface area (Å²) in [6.07, 6.45) is 1.16. The van der Waals surface area contributed by atoms with E-state index in [1.165, 1.54) is 11.8 Å². The van der Waals surface area contributed by atoms with E-state index < -0.39 is 18.4 Å². The van der Waals surface area contributed by atoms with Crippen molar-refractivity contribution in [1.29, 1.82) is 0 Å². The highest BCUT2D eigenvalue weighted by Crippen LogP contribution is 2.22. The first-order valence-electron chi connectivity index (χ1n) is 7.14. The van der Waals surface area contributed by atoms with Crippen LogP contribution < -0.4 is 0 Å². The zero-order valence-corrected chi connectivity index (χ0v) is 12.6. The van der Waals surface area contributed by atoms with Crippen LogP contribution in [0.4, 0.5) is 8.78 Å². The average molecular weight is 315 g/mol. The Labute approximate surface area is 126 Å². The van der Waals surface area contributed by atoms with Gasteiger partial charge in [0, 0.05) is 24.3 Å². The van der Waals surface area contributed by atoms with E-state index in [1.807, 2.05) is 0 Å². The van der Waals surface area contributed by atoms with Gasteiger partial charge in [0.15, 0.2) is 0 Å². The molecule has 0 spiro atoms. The molecule has 2 rings (SSSR count). The fourth-order valence-electron chi connectivity index (χ4n) is 2.81. The fraction of sp³-hybridized carbons (Fsp3) is 0.643. The van der Waals surface area contributed by atoms with Crippen molar-refractivity contribution in [1.82, 2.24) is 14.7 Å². The molecule has 1 aliphatic rings. The lowest BCUT2D eigenvalue weighted by molar-refractivity contribution is -0.145. The van der Waals surface area contributed by atoms with Crippen molar-refractivity contribution in [2.45, 2.75) is 39.7 Å². The third-order valence-corrected chi connectivity index (χ3v) is 4.11. The molecule has 1 N–H and O–H groups in total. The second-order valence-electron chi connectivity index (χ2n) is 5.57. The Morgan fingerprint density at radius 2 is 2.09 bits per heavy atom. The molecule has 1 aliphatic heterocycles. The Morgan fingerprint density at radius 1 is 1.41 bits per heavy atom. The van der Waals surface area contributed by atoms with E-state index in [-0.39, 0.29) is 24.6 Å². The Bertz CT molecular complexity index is 586. The van der Waals surface area contributed by atoms with Crippen molar-refractivity contribution < 1.29 is 23.5 Å². The molecule has 22 heavy (non-hydrogen) atoms. The first kappa shape index (κ1) is 16.4. The van der Waals surface area contributed by atoms with Gasteiger partial charge in [-0.3, -0.25) is 9.59 Å². The number of likely N-dealkylation sites (tertiary alicyclic amines) is 1. The van der Waals surface area contributed by atoms with Gasteiger partial charge in [-0.05, 0) is 26.7 Å². The molecule has 1 amide bonds. The quantitative estimate of drug-likeness (QED) is 0.918. The summed E-state index contributed by atoms with van der Waals surface area (Å²) in [6.45, 7) is 1.03. The third kappa shape index (κ3) is 3.26. The number of alkyl halides is 2. The number of aromatic nitrogens is 2. The first-order chi connectivity index (χ1) is 10.3. The van der Waals surface area contributed by atoms with Crippen LogP contribution in [0.1, 0.15) is 36.3 Å². The van der Waals surface area contributed by atoms with Crippen LogP contribution in [0.5, 0.6) is 0 Å². The second kappa shape index (κ2) is 6.41. The number of hydrogen-bond acceptors (Lipinski definition) is 3. The Kier molecular flexibility index (Phi) is 4.77. The zero-order chi connectivity index (χ0) is 16.4. The van der Waals surface area contributed by atoms with Gasteiger partial charge in [-0.2, -0.15) is 13.9 Å². The molecular weight excluding hydrogens is 296 g/mol. The van der Waals surface area contributed by atoms with Crippen LogP contribution in [0.3, 0.4) is 0 Å². The summed E-state index contributed by atoms with van der Waals surface area (Å²) >= 11 is 0. The monoisotopic (exact) mass is 315 g/mol. The van der Waals surface area contributed by atoms with Crippen LogP contribution in [-0.4, -0.2) is 44.8 Å². The van der Waals surface area contributed by atoms with Crippen molar-refractivity contribution in [2.24, 2.45) is 5.92 Å². The first-order valence-corrected chi connectivity index (χ1v) is 7.14. The SMILES string of the molecule is Cc1nn(C(F)F)c(C)c1CC(=O)N1CCC[C@@H](C(=O)O)C1. The summed E-state index contributed by atoms with van der Waals surface area (Å²) in [5, 5.41) is 12.8. The molecule has 6 nitrogen and oxygen atoms in total. The molecule has 122 valence electrons. The molecule has 0 aliphatic carbocycles. The lowest BCUT2D eigenvalue weighted by atomic mass is 9.97. The van der Waals surface area contributed by atoms with Crippen molar-refractivity contribution in [2.75, 3.05) is 13.1 Å². The van der Waals surface area contributed by atoms with Gasteiger partial charge in [-0.25, -0.2) is 4.68 Å². The topological polar surface area (TPSA) is 75.4 Å². The summed E-state index contributed by atoms with van der Waals surface area (Å²) in [5.74, 6) is -1.70. The standard InChI is InChI=1S/C14H19F2N3O3/c1-8-11(9(2)19(17-8)14(15)16)6-12(20)18-5-3-4-10(7-18)13(21)22/h10,14H,3-7H2,1-2H3,(H,21,22)/t10-/m1/s1. The molecule has 1 atom stereocenters. The minimum atomic E-state index is -2.74. The number of carboxylic acid groups (broad SMARTS) is 1. The number of carbonyl (C=O) groups excluding carboxylic acids is 1. The summed E-state index contributed by atoms with van der Waals surface area (Å²) in [5.41, 5.74) is 1.16. The molecule has 1 fully saturated rings. The summed E-state index contributed by atoms with van der Waals surface area (Å²) in [6, 6.07) is 0. The Balaban J connectivity index is 2.10. The number of nitrogens with zero attached hydrogens (tertiary/aromatic N) is 3. The maximum atomic E-state index is 12.8. The van der Waals surface area contributed by atoms with Crippen LogP contribution in [-0.2, 0) is 16.0 Å². The number of piperidine rings is 1. The van der Waals surface area contributed by atoms with Crippen LogP contribution in [0.25, 0.3) is 0 Å². The lowest BCUT2D eigenvalue weighted by Crippen LogP contribution is -2.43.